The molecule has 0 bridgehead atoms. The summed E-state index contributed by atoms with van der Waals surface area (Å²) in [6.45, 7) is 1.23. The molecule has 1 spiro atoms. The molecule has 0 aromatic heterocycles. The summed E-state index contributed by atoms with van der Waals surface area (Å²) in [5.41, 5.74) is 1.32. The van der Waals surface area contributed by atoms with Crippen molar-refractivity contribution in [1.82, 2.24) is 0 Å². The van der Waals surface area contributed by atoms with Crippen molar-refractivity contribution in [2.75, 3.05) is 24.9 Å². The van der Waals surface area contributed by atoms with E-state index in [1.54, 1.807) is 0 Å². The predicted octanol–water partition coefficient (Wildman–Crippen LogP) is 3.52. The Morgan fingerprint density at radius 1 is 1.15 bits per heavy atom. The third-order valence-corrected chi connectivity index (χ3v) is 7.11. The van der Waals surface area contributed by atoms with E-state index in [1.807, 2.05) is 29.6 Å². The number of hydrogen-bond donors (Lipinski definition) is 0. The molecule has 3 heterocycles. The summed E-state index contributed by atoms with van der Waals surface area (Å²) >= 11 is 4.01. The van der Waals surface area contributed by atoms with Crippen molar-refractivity contribution in [2.45, 2.75) is 23.5 Å². The first kappa shape index (κ1) is 13.2. The van der Waals surface area contributed by atoms with Gasteiger partial charge in [0.25, 0.3) is 0 Å². The molecule has 5 heteroatoms. The topological polar surface area (TPSA) is 27.7 Å². The lowest BCUT2D eigenvalue weighted by Gasteiger charge is -2.30. The molecule has 0 unspecified atom stereocenters. The van der Waals surface area contributed by atoms with E-state index in [1.165, 1.54) is 23.5 Å². The Labute approximate surface area is 127 Å². The molecule has 3 nitrogen and oxygen atoms in total. The summed E-state index contributed by atoms with van der Waals surface area (Å²) in [4.78, 5) is 0. The highest BCUT2D eigenvalue weighted by atomic mass is 32.2. The van der Waals surface area contributed by atoms with Crippen molar-refractivity contribution in [3.8, 4) is 11.5 Å². The molecule has 2 saturated heterocycles. The zero-order valence-electron chi connectivity index (χ0n) is 11.3. The van der Waals surface area contributed by atoms with Crippen LogP contribution in [0, 0.1) is 5.92 Å². The lowest BCUT2D eigenvalue weighted by atomic mass is 9.98. The third-order valence-electron chi connectivity index (χ3n) is 3.97. The van der Waals surface area contributed by atoms with Crippen LogP contribution in [0.5, 0.6) is 11.5 Å². The van der Waals surface area contributed by atoms with E-state index in [2.05, 4.69) is 12.1 Å². The van der Waals surface area contributed by atoms with Crippen LogP contribution in [-0.2, 0) is 11.2 Å². The smallest absolute Gasteiger partial charge is 0.231 e. The number of thioether (sulfide) groups is 2. The highest BCUT2D eigenvalue weighted by Crippen LogP contribution is 2.51. The van der Waals surface area contributed by atoms with Gasteiger partial charge in [0.05, 0.1) is 6.61 Å². The van der Waals surface area contributed by atoms with Gasteiger partial charge in [0.15, 0.2) is 15.8 Å². The van der Waals surface area contributed by atoms with Gasteiger partial charge in [-0.3, -0.25) is 0 Å². The van der Waals surface area contributed by atoms with Gasteiger partial charge in [-0.2, -0.15) is 0 Å². The summed E-state index contributed by atoms with van der Waals surface area (Å²) in [6.07, 6.45) is 3.55. The Morgan fingerprint density at radius 2 is 2.00 bits per heavy atom. The largest absolute Gasteiger partial charge is 0.454 e. The summed E-state index contributed by atoms with van der Waals surface area (Å²) < 4.78 is 17.0. The van der Waals surface area contributed by atoms with Crippen LogP contribution < -0.4 is 9.47 Å². The summed E-state index contributed by atoms with van der Waals surface area (Å²) in [6, 6.07) is 6.29. The van der Waals surface area contributed by atoms with Crippen molar-refractivity contribution < 1.29 is 14.2 Å². The van der Waals surface area contributed by atoms with E-state index >= 15 is 0 Å². The van der Waals surface area contributed by atoms with Crippen LogP contribution in [0.2, 0.25) is 0 Å². The highest BCUT2D eigenvalue weighted by Gasteiger charge is 2.42. The molecule has 108 valence electrons. The van der Waals surface area contributed by atoms with Gasteiger partial charge in [0, 0.05) is 6.42 Å². The van der Waals surface area contributed by atoms with E-state index in [0.29, 0.717) is 12.7 Å². The average Bonchev–Trinajstić information content (AvgIpc) is 3.07. The summed E-state index contributed by atoms with van der Waals surface area (Å²) in [7, 11) is 0. The molecule has 1 atom stereocenters. The summed E-state index contributed by atoms with van der Waals surface area (Å²) in [5.74, 6) is 4.85. The first-order chi connectivity index (χ1) is 9.83. The third kappa shape index (κ3) is 2.51. The molecule has 3 aliphatic rings. The van der Waals surface area contributed by atoms with E-state index in [0.717, 1.165) is 30.9 Å². The van der Waals surface area contributed by atoms with Crippen molar-refractivity contribution >= 4 is 23.5 Å². The molecule has 0 N–H and O–H groups in total. The minimum Gasteiger partial charge on any atom is -0.454 e. The zero-order valence-corrected chi connectivity index (χ0v) is 12.9. The first-order valence-corrected chi connectivity index (χ1v) is 9.11. The molecule has 2 fully saturated rings. The summed E-state index contributed by atoms with van der Waals surface area (Å²) in [5, 5.41) is 0. The molecule has 1 aromatic carbocycles. The van der Waals surface area contributed by atoms with Gasteiger partial charge in [-0.15, -0.1) is 23.5 Å². The minimum atomic E-state index is 0.0548. The molecule has 4 rings (SSSR count). The van der Waals surface area contributed by atoms with E-state index in [9.17, 15) is 0 Å². The molecule has 0 radical (unpaired) electrons. The van der Waals surface area contributed by atoms with Gasteiger partial charge in [0.2, 0.25) is 6.79 Å². The maximum absolute atomic E-state index is 6.13. The number of hydrogen-bond acceptors (Lipinski definition) is 5. The van der Waals surface area contributed by atoms with Crippen LogP contribution >= 0.6 is 23.5 Å². The number of rotatable bonds is 2. The zero-order chi connectivity index (χ0) is 13.4. The van der Waals surface area contributed by atoms with Gasteiger partial charge in [-0.25, -0.2) is 0 Å². The Bertz CT molecular complexity index is 500. The lowest BCUT2D eigenvalue weighted by Crippen LogP contribution is -2.23. The fourth-order valence-corrected chi connectivity index (χ4v) is 6.23. The molecule has 0 aliphatic carbocycles. The van der Waals surface area contributed by atoms with Crippen LogP contribution in [0.25, 0.3) is 0 Å². The molecule has 0 amide bonds. The van der Waals surface area contributed by atoms with Crippen molar-refractivity contribution in [2.24, 2.45) is 5.92 Å². The van der Waals surface area contributed by atoms with E-state index in [-0.39, 0.29) is 4.27 Å². The number of benzene rings is 1. The highest BCUT2D eigenvalue weighted by molar-refractivity contribution is 8.18. The number of ether oxygens (including phenoxy) is 3. The van der Waals surface area contributed by atoms with Gasteiger partial charge in [-0.05, 0) is 48.0 Å². The second-order valence-corrected chi connectivity index (χ2v) is 8.48. The molecule has 3 aliphatic heterocycles. The van der Waals surface area contributed by atoms with Crippen molar-refractivity contribution in [3.63, 3.8) is 0 Å². The quantitative estimate of drug-likeness (QED) is 0.833. The Kier molecular flexibility index (Phi) is 3.52. The molecular weight excluding hydrogens is 292 g/mol. The van der Waals surface area contributed by atoms with Gasteiger partial charge in [-0.1, -0.05) is 6.07 Å². The molecule has 20 heavy (non-hydrogen) atoms. The second-order valence-electron chi connectivity index (χ2n) is 5.51. The lowest BCUT2D eigenvalue weighted by molar-refractivity contribution is 0.142. The standard InChI is InChI=1S/C15H18O3S2/c1-4-19-15(20-5-1)8-12(9-18-15)6-11-2-3-13-14(7-11)17-10-16-13/h2-3,7,12H,1,4-6,8-10H2/t12-/m1/s1. The fourth-order valence-electron chi connectivity index (χ4n) is 3.01. The van der Waals surface area contributed by atoms with Crippen LogP contribution in [-0.4, -0.2) is 29.2 Å². The first-order valence-electron chi connectivity index (χ1n) is 7.13. The Balaban J connectivity index is 1.42. The number of fused-ring (bicyclic) bond motifs is 1. The van der Waals surface area contributed by atoms with Crippen molar-refractivity contribution in [1.29, 1.82) is 0 Å². The fraction of sp³-hybridized carbons (Fsp3) is 0.600. The van der Waals surface area contributed by atoms with Gasteiger partial charge >= 0.3 is 0 Å². The van der Waals surface area contributed by atoms with Crippen LogP contribution in [0.1, 0.15) is 18.4 Å². The maximum atomic E-state index is 6.13. The normalized spacial score (nSPS) is 27.1. The predicted molar refractivity (Wildman–Crippen MR) is 82.6 cm³/mol. The van der Waals surface area contributed by atoms with Crippen LogP contribution in [0.15, 0.2) is 18.2 Å². The maximum Gasteiger partial charge on any atom is 0.231 e. The molecular formula is C15H18O3S2. The van der Waals surface area contributed by atoms with Crippen LogP contribution in [0.3, 0.4) is 0 Å². The van der Waals surface area contributed by atoms with E-state index in [4.69, 9.17) is 14.2 Å². The Hall–Kier alpha value is -0.520. The van der Waals surface area contributed by atoms with E-state index < -0.39 is 0 Å². The monoisotopic (exact) mass is 310 g/mol. The van der Waals surface area contributed by atoms with Crippen molar-refractivity contribution in [3.05, 3.63) is 23.8 Å². The average molecular weight is 310 g/mol. The molecule has 1 aromatic rings. The Morgan fingerprint density at radius 3 is 2.90 bits per heavy atom. The van der Waals surface area contributed by atoms with Gasteiger partial charge in [0.1, 0.15) is 0 Å². The second kappa shape index (κ2) is 5.35. The van der Waals surface area contributed by atoms with Gasteiger partial charge < -0.3 is 14.2 Å². The molecule has 0 saturated carbocycles. The van der Waals surface area contributed by atoms with Crippen LogP contribution in [0.4, 0.5) is 0 Å². The minimum absolute atomic E-state index is 0.0548. The SMILES string of the molecule is c1cc2c(cc1C[C@H]1COC3(C1)SCCCS3)OCO2.